The minimum atomic E-state index is -0.910. The number of carbonyl (C=O) groups is 1. The summed E-state index contributed by atoms with van der Waals surface area (Å²) in [6, 6.07) is 20.2. The number of fused-ring (bicyclic) bond motifs is 1. The molecule has 0 atom stereocenters. The highest BCUT2D eigenvalue weighted by atomic mass is 19.1. The molecule has 1 heterocycles. The molecule has 0 saturated carbocycles. The Morgan fingerprint density at radius 3 is 2.55 bits per heavy atom. The second-order valence-electron chi connectivity index (χ2n) is 10.6. The largest absolute Gasteiger partial charge is 0.478 e. The van der Waals surface area contributed by atoms with Gasteiger partial charge in [-0.25, -0.2) is 9.64 Å². The van der Waals surface area contributed by atoms with Crippen molar-refractivity contribution in [3.05, 3.63) is 111 Å². The molecule has 5 heteroatoms. The van der Waals surface area contributed by atoms with Crippen LogP contribution in [0.25, 0.3) is 16.0 Å². The van der Waals surface area contributed by atoms with Gasteiger partial charge in [-0.2, -0.15) is 0 Å². The molecule has 4 nitrogen and oxygen atoms in total. The van der Waals surface area contributed by atoms with E-state index in [0.717, 1.165) is 78.7 Å². The van der Waals surface area contributed by atoms with Crippen LogP contribution in [0.5, 0.6) is 0 Å². The summed E-state index contributed by atoms with van der Waals surface area (Å²) in [4.78, 5) is 17.7. The highest BCUT2D eigenvalue weighted by molar-refractivity contribution is 6.01. The number of carboxylic acids is 1. The van der Waals surface area contributed by atoms with E-state index in [-0.39, 0.29) is 6.67 Å². The molecular formula is C33H33FN2O2. The molecule has 0 unspecified atom stereocenters. The van der Waals surface area contributed by atoms with Crippen LogP contribution in [0.2, 0.25) is 0 Å². The lowest BCUT2D eigenvalue weighted by Crippen LogP contribution is -2.47. The molecule has 3 aromatic rings. The first kappa shape index (κ1) is 25.9. The first-order valence-electron chi connectivity index (χ1n) is 13.4. The second-order valence-corrected chi connectivity index (χ2v) is 10.6. The van der Waals surface area contributed by atoms with Gasteiger partial charge in [0.2, 0.25) is 0 Å². The average molecular weight is 509 g/mol. The number of allylic oxidation sites excluding steroid dienone is 1. The Kier molecular flexibility index (Phi) is 7.72. The summed E-state index contributed by atoms with van der Waals surface area (Å²) in [6.45, 7) is 12.3. The van der Waals surface area contributed by atoms with Crippen molar-refractivity contribution in [3.63, 3.8) is 0 Å². The van der Waals surface area contributed by atoms with Gasteiger partial charge in [0, 0.05) is 19.6 Å². The number of carboxylic acid groups (broad SMARTS) is 1. The number of likely N-dealkylation sites (tertiary alicyclic amines) is 1. The summed E-state index contributed by atoms with van der Waals surface area (Å²) in [5.41, 5.74) is 10.1. The van der Waals surface area contributed by atoms with Crippen LogP contribution in [0.3, 0.4) is 0 Å². The SMILES string of the molecule is [C-]#[N+]c1ccc(C)c(C2=C(c3ccc(CC4CN(CCCF)C4)cc3)c3ccc(C(=O)O)cc3CCC2)c1. The number of rotatable bonds is 8. The standard InChI is InChI=1S/C33H33FN2O2/c1-22-7-13-28(35-2)19-31(22)30-6-3-5-26-18-27(33(37)38)12-14-29(26)32(30)25-10-8-23(9-11-25)17-24-20-36(21-24)16-4-15-34/h7-14,18-19,24H,3-6,15-17,20-21H2,1H3,(H,37,38). The van der Waals surface area contributed by atoms with Crippen LogP contribution in [-0.4, -0.2) is 42.3 Å². The van der Waals surface area contributed by atoms with Crippen LogP contribution in [0, 0.1) is 19.4 Å². The summed E-state index contributed by atoms with van der Waals surface area (Å²) in [7, 11) is 0. The Bertz CT molecular complexity index is 1410. The average Bonchev–Trinajstić information content (AvgIpc) is 3.09. The number of alkyl halides is 1. The van der Waals surface area contributed by atoms with E-state index in [1.165, 1.54) is 11.1 Å². The Hall–Kier alpha value is -3.75. The van der Waals surface area contributed by atoms with E-state index in [1.54, 1.807) is 6.07 Å². The highest BCUT2D eigenvalue weighted by Crippen LogP contribution is 2.42. The van der Waals surface area contributed by atoms with E-state index < -0.39 is 5.97 Å². The monoisotopic (exact) mass is 508 g/mol. The van der Waals surface area contributed by atoms with Crippen molar-refractivity contribution in [1.82, 2.24) is 4.90 Å². The third-order valence-electron chi connectivity index (χ3n) is 7.88. The lowest BCUT2D eigenvalue weighted by atomic mass is 9.85. The fraction of sp³-hybridized carbons (Fsp3) is 0.333. The van der Waals surface area contributed by atoms with Crippen LogP contribution in [-0.2, 0) is 12.8 Å². The van der Waals surface area contributed by atoms with Gasteiger partial charge in [-0.15, -0.1) is 0 Å². The van der Waals surface area contributed by atoms with Gasteiger partial charge in [-0.05, 0) is 108 Å². The molecule has 0 amide bonds. The van der Waals surface area contributed by atoms with Crippen molar-refractivity contribution in [2.45, 2.75) is 39.0 Å². The van der Waals surface area contributed by atoms with E-state index in [0.29, 0.717) is 23.6 Å². The molecule has 1 aliphatic heterocycles. The van der Waals surface area contributed by atoms with E-state index in [1.807, 2.05) is 30.3 Å². The number of aryl methyl sites for hydroxylation is 2. The zero-order chi connectivity index (χ0) is 26.6. The van der Waals surface area contributed by atoms with Gasteiger partial charge >= 0.3 is 5.97 Å². The first-order valence-corrected chi connectivity index (χ1v) is 13.4. The van der Waals surface area contributed by atoms with Crippen molar-refractivity contribution < 1.29 is 14.3 Å². The second kappa shape index (κ2) is 11.3. The van der Waals surface area contributed by atoms with Crippen molar-refractivity contribution in [3.8, 4) is 0 Å². The molecule has 2 aliphatic rings. The summed E-state index contributed by atoms with van der Waals surface area (Å²) in [6.07, 6.45) is 4.21. The molecule has 3 aromatic carbocycles. The molecule has 0 radical (unpaired) electrons. The summed E-state index contributed by atoms with van der Waals surface area (Å²) in [5, 5.41) is 9.59. The van der Waals surface area contributed by atoms with Crippen molar-refractivity contribution in [2.75, 3.05) is 26.3 Å². The Morgan fingerprint density at radius 1 is 1.05 bits per heavy atom. The lowest BCUT2D eigenvalue weighted by molar-refractivity contribution is 0.0696. The Morgan fingerprint density at radius 2 is 1.84 bits per heavy atom. The van der Waals surface area contributed by atoms with Crippen LogP contribution in [0.1, 0.15) is 63.0 Å². The van der Waals surface area contributed by atoms with Crippen molar-refractivity contribution in [1.29, 1.82) is 0 Å². The van der Waals surface area contributed by atoms with E-state index in [2.05, 4.69) is 40.9 Å². The minimum absolute atomic E-state index is 0.247. The van der Waals surface area contributed by atoms with E-state index in [4.69, 9.17) is 6.57 Å². The first-order chi connectivity index (χ1) is 18.5. The lowest BCUT2D eigenvalue weighted by Gasteiger charge is -2.39. The molecule has 5 rings (SSSR count). The molecule has 1 fully saturated rings. The Labute approximate surface area is 224 Å². The van der Waals surface area contributed by atoms with Gasteiger partial charge in [0.15, 0.2) is 5.69 Å². The molecule has 0 aromatic heterocycles. The molecule has 1 N–H and O–H groups in total. The topological polar surface area (TPSA) is 44.9 Å². The summed E-state index contributed by atoms with van der Waals surface area (Å²) in [5.74, 6) is -0.297. The summed E-state index contributed by atoms with van der Waals surface area (Å²) >= 11 is 0. The molecule has 0 bridgehead atoms. The fourth-order valence-electron chi connectivity index (χ4n) is 5.94. The van der Waals surface area contributed by atoms with Crippen molar-refractivity contribution >= 4 is 22.8 Å². The zero-order valence-corrected chi connectivity index (χ0v) is 21.8. The molecule has 0 spiro atoms. The Balaban J connectivity index is 1.53. The zero-order valence-electron chi connectivity index (χ0n) is 21.8. The third-order valence-corrected chi connectivity index (χ3v) is 7.88. The number of benzene rings is 3. The van der Waals surface area contributed by atoms with Crippen LogP contribution in [0.15, 0.2) is 60.7 Å². The van der Waals surface area contributed by atoms with Gasteiger partial charge in [0.1, 0.15) is 0 Å². The summed E-state index contributed by atoms with van der Waals surface area (Å²) < 4.78 is 12.4. The van der Waals surface area contributed by atoms with Crippen LogP contribution < -0.4 is 0 Å². The van der Waals surface area contributed by atoms with Gasteiger partial charge in [0.25, 0.3) is 0 Å². The van der Waals surface area contributed by atoms with Gasteiger partial charge in [-0.3, -0.25) is 4.39 Å². The van der Waals surface area contributed by atoms with E-state index in [9.17, 15) is 14.3 Å². The predicted molar refractivity (Wildman–Crippen MR) is 150 cm³/mol. The molecule has 1 saturated heterocycles. The quantitative estimate of drug-likeness (QED) is 0.323. The number of halogens is 1. The van der Waals surface area contributed by atoms with Gasteiger partial charge < -0.3 is 10.0 Å². The molecule has 1 aliphatic carbocycles. The maximum Gasteiger partial charge on any atom is 0.335 e. The number of nitrogens with zero attached hydrogens (tertiary/aromatic N) is 2. The number of hydrogen-bond donors (Lipinski definition) is 1. The van der Waals surface area contributed by atoms with Gasteiger partial charge in [-0.1, -0.05) is 42.5 Å². The minimum Gasteiger partial charge on any atom is -0.478 e. The maximum absolute atomic E-state index is 12.4. The fourth-order valence-corrected chi connectivity index (χ4v) is 5.94. The number of aromatic carboxylic acids is 1. The molecule has 194 valence electrons. The number of hydrogen-bond acceptors (Lipinski definition) is 2. The smallest absolute Gasteiger partial charge is 0.335 e. The van der Waals surface area contributed by atoms with Gasteiger partial charge in [0.05, 0.1) is 18.8 Å². The maximum atomic E-state index is 12.4. The van der Waals surface area contributed by atoms with Crippen LogP contribution in [0.4, 0.5) is 10.1 Å². The van der Waals surface area contributed by atoms with Crippen molar-refractivity contribution in [2.24, 2.45) is 5.92 Å². The third kappa shape index (κ3) is 5.42. The molecule has 38 heavy (non-hydrogen) atoms. The van der Waals surface area contributed by atoms with Crippen LogP contribution >= 0.6 is 0 Å². The predicted octanol–water partition coefficient (Wildman–Crippen LogP) is 7.37. The van der Waals surface area contributed by atoms with E-state index >= 15 is 0 Å². The highest BCUT2D eigenvalue weighted by Gasteiger charge is 2.26. The molecular weight excluding hydrogens is 475 g/mol. The normalized spacial score (nSPS) is 15.9.